The van der Waals surface area contributed by atoms with E-state index in [9.17, 15) is 22.0 Å². The monoisotopic (exact) mass is 281 g/mol. The fourth-order valence-electron chi connectivity index (χ4n) is 1.81. The summed E-state index contributed by atoms with van der Waals surface area (Å²) in [5.41, 5.74) is -0.966. The van der Waals surface area contributed by atoms with Gasteiger partial charge in [0.05, 0.1) is 0 Å². The minimum Gasteiger partial charge on any atom is -0.378 e. The van der Waals surface area contributed by atoms with E-state index >= 15 is 0 Å². The molecule has 108 valence electrons. The summed E-state index contributed by atoms with van der Waals surface area (Å²) in [5.74, 6) is -9.38. The Balaban J connectivity index is 3.02. The molecule has 0 bridgehead atoms. The van der Waals surface area contributed by atoms with E-state index in [0.29, 0.717) is 6.42 Å². The lowest BCUT2D eigenvalue weighted by Gasteiger charge is -2.19. The van der Waals surface area contributed by atoms with Crippen LogP contribution < -0.4 is 5.32 Å². The van der Waals surface area contributed by atoms with Gasteiger partial charge in [-0.15, -0.1) is 0 Å². The van der Waals surface area contributed by atoms with Gasteiger partial charge < -0.3 is 5.32 Å². The molecule has 0 amide bonds. The molecule has 0 aliphatic rings. The third-order valence-corrected chi connectivity index (χ3v) is 3.05. The maximum atomic E-state index is 13.4. The Kier molecular flexibility index (Phi) is 5.14. The summed E-state index contributed by atoms with van der Waals surface area (Å²) in [4.78, 5) is 0. The quantitative estimate of drug-likeness (QED) is 0.472. The van der Waals surface area contributed by atoms with Crippen molar-refractivity contribution in [1.29, 1.82) is 0 Å². The Morgan fingerprint density at radius 2 is 1.26 bits per heavy atom. The molecule has 0 saturated heterocycles. The van der Waals surface area contributed by atoms with E-state index < -0.39 is 40.8 Å². The molecule has 0 aliphatic heterocycles. The average Bonchev–Trinajstić information content (AvgIpc) is 2.39. The predicted molar refractivity (Wildman–Crippen MR) is 63.4 cm³/mol. The van der Waals surface area contributed by atoms with Gasteiger partial charge in [0.25, 0.3) is 0 Å². The lowest BCUT2D eigenvalue weighted by Crippen LogP contribution is -2.21. The minimum absolute atomic E-state index is 0.281. The number of halogens is 5. The molecule has 0 aromatic heterocycles. The fourth-order valence-corrected chi connectivity index (χ4v) is 1.81. The molecule has 19 heavy (non-hydrogen) atoms. The van der Waals surface area contributed by atoms with Crippen LogP contribution in [0.2, 0.25) is 0 Å². The van der Waals surface area contributed by atoms with Crippen LogP contribution in [0.15, 0.2) is 0 Å². The maximum Gasteiger partial charge on any atom is 0.200 e. The van der Waals surface area contributed by atoms with Gasteiger partial charge in [0.1, 0.15) is 5.69 Å². The van der Waals surface area contributed by atoms with E-state index in [1.807, 2.05) is 13.8 Å². The number of rotatable bonds is 5. The second-order valence-corrected chi connectivity index (χ2v) is 4.74. The molecule has 6 heteroatoms. The smallest absolute Gasteiger partial charge is 0.200 e. The Morgan fingerprint density at radius 1 is 0.842 bits per heavy atom. The maximum absolute atomic E-state index is 13.4. The van der Waals surface area contributed by atoms with Crippen molar-refractivity contribution in [3.05, 3.63) is 29.1 Å². The molecule has 2 atom stereocenters. The molecule has 0 saturated carbocycles. The number of benzene rings is 1. The van der Waals surface area contributed by atoms with Crippen molar-refractivity contribution in [3.63, 3.8) is 0 Å². The van der Waals surface area contributed by atoms with Gasteiger partial charge in [-0.2, -0.15) is 0 Å². The van der Waals surface area contributed by atoms with Crippen LogP contribution in [-0.4, -0.2) is 6.04 Å². The highest BCUT2D eigenvalue weighted by atomic mass is 19.2. The Labute approximate surface area is 108 Å². The van der Waals surface area contributed by atoms with Gasteiger partial charge in [0.2, 0.25) is 5.82 Å². The first kappa shape index (κ1) is 15.7. The van der Waals surface area contributed by atoms with Crippen molar-refractivity contribution < 1.29 is 22.0 Å². The first-order valence-electron chi connectivity index (χ1n) is 6.07. The normalized spacial score (nSPS) is 14.3. The summed E-state index contributed by atoms with van der Waals surface area (Å²) in [5, 5.41) is 2.36. The number of anilines is 1. The fraction of sp³-hybridized carbons (Fsp3) is 0.538. The highest BCUT2D eigenvalue weighted by molar-refractivity contribution is 5.48. The average molecular weight is 281 g/mol. The SMILES string of the molecule is CCC(C)CC(C)Nc1c(F)c(F)c(F)c(F)c1F. The molecule has 1 rings (SSSR count). The number of hydrogen-bond acceptors (Lipinski definition) is 1. The van der Waals surface area contributed by atoms with Crippen LogP contribution in [0.1, 0.15) is 33.6 Å². The third-order valence-electron chi connectivity index (χ3n) is 3.05. The zero-order chi connectivity index (χ0) is 14.7. The molecule has 0 aliphatic carbocycles. The summed E-state index contributed by atoms with van der Waals surface area (Å²) in [6.45, 7) is 5.52. The molecular formula is C13H16F5N. The van der Waals surface area contributed by atoms with Crippen molar-refractivity contribution in [2.75, 3.05) is 5.32 Å². The molecule has 1 aromatic carbocycles. The van der Waals surface area contributed by atoms with E-state index in [2.05, 4.69) is 5.32 Å². The van der Waals surface area contributed by atoms with Crippen LogP contribution >= 0.6 is 0 Å². The lowest BCUT2D eigenvalue weighted by atomic mass is 10.00. The molecular weight excluding hydrogens is 265 g/mol. The van der Waals surface area contributed by atoms with Gasteiger partial charge in [0, 0.05) is 6.04 Å². The van der Waals surface area contributed by atoms with Crippen LogP contribution in [0.3, 0.4) is 0 Å². The van der Waals surface area contributed by atoms with Crippen LogP contribution in [0.5, 0.6) is 0 Å². The van der Waals surface area contributed by atoms with E-state index in [1.165, 1.54) is 0 Å². The standard InChI is InChI=1S/C13H16F5N/c1-4-6(2)5-7(3)19-13-11(17)9(15)8(14)10(16)12(13)18/h6-7,19H,4-5H2,1-3H3. The van der Waals surface area contributed by atoms with Crippen LogP contribution in [0.25, 0.3) is 0 Å². The Morgan fingerprint density at radius 3 is 1.68 bits per heavy atom. The topological polar surface area (TPSA) is 12.0 Å². The molecule has 1 nitrogen and oxygen atoms in total. The molecule has 1 aromatic rings. The first-order chi connectivity index (χ1) is 8.79. The zero-order valence-electron chi connectivity index (χ0n) is 11.0. The van der Waals surface area contributed by atoms with Crippen LogP contribution in [-0.2, 0) is 0 Å². The first-order valence-corrected chi connectivity index (χ1v) is 6.07. The molecule has 0 radical (unpaired) electrons. The van der Waals surface area contributed by atoms with Crippen LogP contribution in [0, 0.1) is 35.0 Å². The molecule has 0 fully saturated rings. The molecule has 1 N–H and O–H groups in total. The van der Waals surface area contributed by atoms with E-state index in [0.717, 1.165) is 6.42 Å². The number of nitrogens with one attached hydrogen (secondary N) is 1. The van der Waals surface area contributed by atoms with Crippen molar-refractivity contribution >= 4 is 5.69 Å². The Hall–Kier alpha value is -1.33. The van der Waals surface area contributed by atoms with Gasteiger partial charge in [-0.25, -0.2) is 22.0 Å². The number of hydrogen-bond donors (Lipinski definition) is 1. The lowest BCUT2D eigenvalue weighted by molar-refractivity contribution is 0.379. The third kappa shape index (κ3) is 3.36. The highest BCUT2D eigenvalue weighted by Gasteiger charge is 2.26. The van der Waals surface area contributed by atoms with Gasteiger partial charge >= 0.3 is 0 Å². The van der Waals surface area contributed by atoms with Gasteiger partial charge in [-0.05, 0) is 19.3 Å². The van der Waals surface area contributed by atoms with Gasteiger partial charge in [-0.3, -0.25) is 0 Å². The molecule has 0 spiro atoms. The van der Waals surface area contributed by atoms with Gasteiger partial charge in [-0.1, -0.05) is 20.3 Å². The van der Waals surface area contributed by atoms with E-state index in [-0.39, 0.29) is 5.92 Å². The van der Waals surface area contributed by atoms with Crippen molar-refractivity contribution in [3.8, 4) is 0 Å². The minimum atomic E-state index is -2.14. The summed E-state index contributed by atoms with van der Waals surface area (Å²) in [6, 6.07) is -0.400. The largest absolute Gasteiger partial charge is 0.378 e. The summed E-state index contributed by atoms with van der Waals surface area (Å²) in [6.07, 6.45) is 1.43. The predicted octanol–water partition coefficient (Wildman–Crippen LogP) is 4.62. The summed E-state index contributed by atoms with van der Waals surface area (Å²) < 4.78 is 65.6. The van der Waals surface area contributed by atoms with E-state index in [4.69, 9.17) is 0 Å². The molecule has 2 unspecified atom stereocenters. The summed E-state index contributed by atoms with van der Waals surface area (Å²) in [7, 11) is 0. The second-order valence-electron chi connectivity index (χ2n) is 4.74. The zero-order valence-corrected chi connectivity index (χ0v) is 11.0. The Bertz CT molecular complexity index is 432. The van der Waals surface area contributed by atoms with Crippen molar-refractivity contribution in [2.45, 2.75) is 39.7 Å². The van der Waals surface area contributed by atoms with Crippen molar-refractivity contribution in [1.82, 2.24) is 0 Å². The molecule has 0 heterocycles. The second kappa shape index (κ2) is 6.21. The highest BCUT2D eigenvalue weighted by Crippen LogP contribution is 2.28. The van der Waals surface area contributed by atoms with E-state index in [1.54, 1.807) is 6.92 Å². The van der Waals surface area contributed by atoms with Crippen LogP contribution in [0.4, 0.5) is 27.6 Å². The van der Waals surface area contributed by atoms with Gasteiger partial charge in [0.15, 0.2) is 23.3 Å². The summed E-state index contributed by atoms with van der Waals surface area (Å²) >= 11 is 0. The van der Waals surface area contributed by atoms with Crippen molar-refractivity contribution in [2.24, 2.45) is 5.92 Å².